The van der Waals surface area contributed by atoms with Crippen LogP contribution in [0.3, 0.4) is 0 Å². The van der Waals surface area contributed by atoms with Crippen molar-refractivity contribution in [3.8, 4) is 0 Å². The van der Waals surface area contributed by atoms with Crippen molar-refractivity contribution in [3.05, 3.63) is 57.9 Å². The molecule has 0 unspecified atom stereocenters. The summed E-state index contributed by atoms with van der Waals surface area (Å²) in [5.41, 5.74) is 0.552. The van der Waals surface area contributed by atoms with Gasteiger partial charge in [0.15, 0.2) is 0 Å². The van der Waals surface area contributed by atoms with Crippen molar-refractivity contribution in [1.82, 2.24) is 4.98 Å². The largest absolute Gasteiger partial charge is 0.478 e. The van der Waals surface area contributed by atoms with Gasteiger partial charge >= 0.3 is 5.97 Å². The number of carboxylic acid groups (broad SMARTS) is 1. The minimum atomic E-state index is -1.13. The number of carboxylic acids is 1. The fourth-order valence-electron chi connectivity index (χ4n) is 1.50. The van der Waals surface area contributed by atoms with Gasteiger partial charge in [0.05, 0.1) is 5.56 Å². The lowest BCUT2D eigenvalue weighted by Gasteiger charge is -2.06. The molecular weight excluding hydrogens is 333 g/mol. The van der Waals surface area contributed by atoms with E-state index >= 15 is 0 Å². The Hall–Kier alpha value is -1.40. The molecule has 6 heteroatoms. The van der Waals surface area contributed by atoms with Gasteiger partial charge in [0.25, 0.3) is 0 Å². The summed E-state index contributed by atoms with van der Waals surface area (Å²) in [5, 5.41) is 9.81. The van der Waals surface area contributed by atoms with Crippen molar-refractivity contribution in [2.45, 2.75) is 10.8 Å². The van der Waals surface area contributed by atoms with Crippen LogP contribution in [-0.2, 0) is 5.75 Å². The number of thioether (sulfide) groups is 1. The molecular formula is C13H9BrFNO2S. The third-order valence-electron chi connectivity index (χ3n) is 2.39. The number of hydrogen-bond acceptors (Lipinski definition) is 3. The lowest BCUT2D eigenvalue weighted by Crippen LogP contribution is -2.02. The van der Waals surface area contributed by atoms with Gasteiger partial charge < -0.3 is 5.11 Å². The van der Waals surface area contributed by atoms with Gasteiger partial charge in [-0.3, -0.25) is 0 Å². The smallest absolute Gasteiger partial charge is 0.336 e. The molecule has 3 nitrogen and oxygen atoms in total. The Bertz CT molecular complexity index is 621. The molecule has 98 valence electrons. The highest BCUT2D eigenvalue weighted by Gasteiger charge is 2.12. The maximum atomic E-state index is 13.0. The topological polar surface area (TPSA) is 50.2 Å². The van der Waals surface area contributed by atoms with Crippen molar-refractivity contribution < 1.29 is 14.3 Å². The van der Waals surface area contributed by atoms with Crippen LogP contribution in [0, 0.1) is 5.82 Å². The zero-order valence-electron chi connectivity index (χ0n) is 9.64. The third kappa shape index (κ3) is 3.54. The number of halogens is 2. The fourth-order valence-corrected chi connectivity index (χ4v) is 2.98. The molecule has 0 aliphatic rings. The summed E-state index contributed by atoms with van der Waals surface area (Å²) >= 11 is 4.76. The zero-order valence-corrected chi connectivity index (χ0v) is 12.0. The van der Waals surface area contributed by atoms with E-state index in [1.54, 1.807) is 12.3 Å². The number of rotatable bonds is 4. The molecule has 0 spiro atoms. The number of carbonyl (C=O) groups is 1. The van der Waals surface area contributed by atoms with Crippen LogP contribution in [0.25, 0.3) is 0 Å². The molecule has 1 N–H and O–H groups in total. The molecule has 1 heterocycles. The second kappa shape index (κ2) is 6.16. The Labute approximate surface area is 122 Å². The number of benzene rings is 1. The Morgan fingerprint density at radius 2 is 2.21 bits per heavy atom. The minimum absolute atomic E-state index is 0.0143. The summed E-state index contributed by atoms with van der Waals surface area (Å²) in [5.74, 6) is -1.27. The SMILES string of the molecule is O=C(O)c1cc(F)ccc1CSc1ncccc1Br. The van der Waals surface area contributed by atoms with Crippen molar-refractivity contribution in [2.75, 3.05) is 0 Å². The normalized spacial score (nSPS) is 10.4. The molecule has 0 saturated carbocycles. The molecule has 1 aromatic heterocycles. The van der Waals surface area contributed by atoms with Gasteiger partial charge in [-0.2, -0.15) is 0 Å². The van der Waals surface area contributed by atoms with Crippen molar-refractivity contribution >= 4 is 33.7 Å². The number of hydrogen-bond donors (Lipinski definition) is 1. The highest BCUT2D eigenvalue weighted by molar-refractivity contribution is 9.10. The summed E-state index contributed by atoms with van der Waals surface area (Å²) in [7, 11) is 0. The quantitative estimate of drug-likeness (QED) is 0.854. The van der Waals surface area contributed by atoms with Crippen LogP contribution in [0.2, 0.25) is 0 Å². The van der Waals surface area contributed by atoms with Crippen LogP contribution < -0.4 is 0 Å². The zero-order chi connectivity index (χ0) is 13.8. The van der Waals surface area contributed by atoms with Gasteiger partial charge in [0.1, 0.15) is 10.8 Å². The van der Waals surface area contributed by atoms with Gasteiger partial charge in [-0.25, -0.2) is 14.2 Å². The third-order valence-corrected chi connectivity index (χ3v) is 4.35. The van der Waals surface area contributed by atoms with E-state index in [2.05, 4.69) is 20.9 Å². The van der Waals surface area contributed by atoms with E-state index in [4.69, 9.17) is 5.11 Å². The number of aromatic nitrogens is 1. The van der Waals surface area contributed by atoms with Crippen LogP contribution in [0.5, 0.6) is 0 Å². The van der Waals surface area contributed by atoms with Crippen LogP contribution in [0.15, 0.2) is 46.0 Å². The molecule has 0 aliphatic heterocycles. The summed E-state index contributed by atoms with van der Waals surface area (Å²) in [6.45, 7) is 0. The maximum absolute atomic E-state index is 13.0. The highest BCUT2D eigenvalue weighted by Crippen LogP contribution is 2.28. The van der Waals surface area contributed by atoms with E-state index in [0.29, 0.717) is 11.3 Å². The molecule has 0 amide bonds. The first kappa shape index (κ1) is 14.0. The number of aromatic carboxylic acids is 1. The number of pyridine rings is 1. The van der Waals surface area contributed by atoms with Crippen LogP contribution >= 0.6 is 27.7 Å². The fraction of sp³-hybridized carbons (Fsp3) is 0.0769. The molecule has 0 radical (unpaired) electrons. The van der Waals surface area contributed by atoms with Crippen LogP contribution in [0.4, 0.5) is 4.39 Å². The van der Waals surface area contributed by atoms with E-state index < -0.39 is 11.8 Å². The van der Waals surface area contributed by atoms with E-state index in [9.17, 15) is 9.18 Å². The van der Waals surface area contributed by atoms with E-state index in [-0.39, 0.29) is 5.56 Å². The predicted octanol–water partition coefficient (Wildman–Crippen LogP) is 3.97. The van der Waals surface area contributed by atoms with Gasteiger partial charge in [0, 0.05) is 16.4 Å². The summed E-state index contributed by atoms with van der Waals surface area (Å²) in [4.78, 5) is 15.2. The monoisotopic (exact) mass is 341 g/mol. The Kier molecular flexibility index (Phi) is 4.55. The standard InChI is InChI=1S/C13H9BrFNO2S/c14-11-2-1-5-16-12(11)19-7-8-3-4-9(15)6-10(8)13(17)18/h1-6H,7H2,(H,17,18). The summed E-state index contributed by atoms with van der Waals surface area (Å²) < 4.78 is 13.9. The van der Waals surface area contributed by atoms with Gasteiger partial charge in [-0.1, -0.05) is 6.07 Å². The second-order valence-electron chi connectivity index (χ2n) is 3.69. The molecule has 0 aliphatic carbocycles. The highest BCUT2D eigenvalue weighted by atomic mass is 79.9. The summed E-state index contributed by atoms with van der Waals surface area (Å²) in [6.07, 6.45) is 1.66. The molecule has 0 bridgehead atoms. The maximum Gasteiger partial charge on any atom is 0.336 e. The first-order valence-corrected chi connectivity index (χ1v) is 7.11. The predicted molar refractivity (Wildman–Crippen MR) is 74.9 cm³/mol. The summed E-state index contributed by atoms with van der Waals surface area (Å²) in [6, 6.07) is 7.44. The van der Waals surface area contributed by atoms with Crippen LogP contribution in [0.1, 0.15) is 15.9 Å². The van der Waals surface area contributed by atoms with Crippen molar-refractivity contribution in [2.24, 2.45) is 0 Å². The average molecular weight is 342 g/mol. The van der Waals surface area contributed by atoms with Crippen molar-refractivity contribution in [1.29, 1.82) is 0 Å². The first-order valence-electron chi connectivity index (χ1n) is 5.33. The first-order chi connectivity index (χ1) is 9.08. The Morgan fingerprint density at radius 3 is 2.89 bits per heavy atom. The molecule has 0 saturated heterocycles. The minimum Gasteiger partial charge on any atom is -0.478 e. The Morgan fingerprint density at radius 1 is 1.42 bits per heavy atom. The van der Waals surface area contributed by atoms with Gasteiger partial charge in [0.2, 0.25) is 0 Å². The van der Waals surface area contributed by atoms with Crippen molar-refractivity contribution in [3.63, 3.8) is 0 Å². The lowest BCUT2D eigenvalue weighted by molar-refractivity contribution is 0.0695. The average Bonchev–Trinajstić information content (AvgIpc) is 2.38. The molecule has 0 atom stereocenters. The second-order valence-corrected chi connectivity index (χ2v) is 5.50. The van der Waals surface area contributed by atoms with E-state index in [1.165, 1.54) is 23.9 Å². The van der Waals surface area contributed by atoms with E-state index in [0.717, 1.165) is 15.6 Å². The molecule has 2 rings (SSSR count). The lowest BCUT2D eigenvalue weighted by atomic mass is 10.1. The molecule has 0 fully saturated rings. The Balaban J connectivity index is 2.20. The molecule has 1 aromatic carbocycles. The van der Waals surface area contributed by atoms with Gasteiger partial charge in [-0.05, 0) is 45.8 Å². The van der Waals surface area contributed by atoms with Gasteiger partial charge in [-0.15, -0.1) is 11.8 Å². The molecule has 2 aromatic rings. The van der Waals surface area contributed by atoms with Crippen LogP contribution in [-0.4, -0.2) is 16.1 Å². The van der Waals surface area contributed by atoms with E-state index in [1.807, 2.05) is 6.07 Å². The molecule has 19 heavy (non-hydrogen) atoms. The number of nitrogens with zero attached hydrogens (tertiary/aromatic N) is 1.